The van der Waals surface area contributed by atoms with Gasteiger partial charge in [0.2, 0.25) is 11.8 Å². The van der Waals surface area contributed by atoms with Crippen LogP contribution < -0.4 is 25.6 Å². The minimum absolute atomic E-state index is 0.0985. The van der Waals surface area contributed by atoms with Crippen molar-refractivity contribution in [2.75, 3.05) is 17.3 Å². The van der Waals surface area contributed by atoms with E-state index in [1.165, 1.54) is 0 Å². The van der Waals surface area contributed by atoms with Gasteiger partial charge >= 0.3 is 6.03 Å². The molecule has 0 saturated carbocycles. The molecule has 0 aliphatic carbocycles. The molecule has 1 heterocycles. The molecule has 1 aliphatic heterocycles. The number of aryl methyl sites for hydroxylation is 1. The predicted octanol–water partition coefficient (Wildman–Crippen LogP) is 6.06. The minimum Gasteiger partial charge on any atom is -0.495 e. The summed E-state index contributed by atoms with van der Waals surface area (Å²) in [5, 5.41) is 8.69. The van der Waals surface area contributed by atoms with Crippen molar-refractivity contribution >= 4 is 29.2 Å². The molecular formula is C35H36N4O4. The third-order valence-electron chi connectivity index (χ3n) is 7.62. The molecule has 0 unspecified atom stereocenters. The molecule has 4 aromatic carbocycles. The number of hydrogen-bond donors (Lipinski definition) is 3. The molecule has 0 bridgehead atoms. The van der Waals surface area contributed by atoms with Crippen LogP contribution in [0.2, 0.25) is 0 Å². The van der Waals surface area contributed by atoms with Gasteiger partial charge in [0.05, 0.1) is 19.3 Å². The second kappa shape index (κ2) is 13.7. The lowest BCUT2D eigenvalue weighted by molar-refractivity contribution is -0.127. The first-order valence-electron chi connectivity index (χ1n) is 14.5. The van der Waals surface area contributed by atoms with Crippen LogP contribution in [0.1, 0.15) is 36.5 Å². The van der Waals surface area contributed by atoms with Gasteiger partial charge in [-0.3, -0.25) is 9.59 Å². The summed E-state index contributed by atoms with van der Waals surface area (Å²) < 4.78 is 5.32. The van der Waals surface area contributed by atoms with Crippen molar-refractivity contribution in [3.8, 4) is 16.9 Å². The Kier molecular flexibility index (Phi) is 9.36. The van der Waals surface area contributed by atoms with Gasteiger partial charge in [-0.2, -0.15) is 0 Å². The molecular weight excluding hydrogens is 540 g/mol. The molecule has 43 heavy (non-hydrogen) atoms. The smallest absolute Gasteiger partial charge is 0.319 e. The first-order chi connectivity index (χ1) is 21.0. The molecule has 8 nitrogen and oxygen atoms in total. The quantitative estimate of drug-likeness (QED) is 0.226. The van der Waals surface area contributed by atoms with Crippen molar-refractivity contribution in [1.29, 1.82) is 0 Å². The molecule has 3 N–H and O–H groups in total. The number of amides is 4. The molecule has 0 saturated heterocycles. The Hall–Kier alpha value is -5.11. The zero-order valence-electron chi connectivity index (χ0n) is 24.4. The Labute approximate surface area is 252 Å². The van der Waals surface area contributed by atoms with Gasteiger partial charge in [-0.05, 0) is 58.9 Å². The number of methoxy groups -OCH3 is 1. The number of anilines is 2. The summed E-state index contributed by atoms with van der Waals surface area (Å²) in [6, 6.07) is 30.4. The Balaban J connectivity index is 1.30. The maximum Gasteiger partial charge on any atom is 0.319 e. The predicted molar refractivity (Wildman–Crippen MR) is 169 cm³/mol. The van der Waals surface area contributed by atoms with Crippen LogP contribution in [0.15, 0.2) is 97.1 Å². The van der Waals surface area contributed by atoms with Gasteiger partial charge in [0.15, 0.2) is 0 Å². The van der Waals surface area contributed by atoms with Crippen LogP contribution in [-0.4, -0.2) is 31.0 Å². The fraction of sp³-hybridized carbons (Fsp3) is 0.229. The molecule has 220 valence electrons. The van der Waals surface area contributed by atoms with Gasteiger partial charge < -0.3 is 25.6 Å². The summed E-state index contributed by atoms with van der Waals surface area (Å²) in [6.07, 6.45) is 1.62. The van der Waals surface area contributed by atoms with E-state index in [0.29, 0.717) is 43.8 Å². The summed E-state index contributed by atoms with van der Waals surface area (Å²) in [4.78, 5) is 40.2. The highest BCUT2D eigenvalue weighted by Crippen LogP contribution is 2.30. The second-order valence-electron chi connectivity index (χ2n) is 10.4. The lowest BCUT2D eigenvalue weighted by atomic mass is 9.98. The van der Waals surface area contributed by atoms with Gasteiger partial charge in [-0.25, -0.2) is 4.79 Å². The minimum atomic E-state index is -0.557. The highest BCUT2D eigenvalue weighted by atomic mass is 16.5. The van der Waals surface area contributed by atoms with Crippen LogP contribution in [0.3, 0.4) is 0 Å². The first kappa shape index (κ1) is 29.4. The number of ether oxygens (including phenoxy) is 1. The summed E-state index contributed by atoms with van der Waals surface area (Å²) in [6.45, 7) is 2.51. The topological polar surface area (TPSA) is 99.8 Å². The normalized spacial score (nSPS) is 14.3. The van der Waals surface area contributed by atoms with Crippen molar-refractivity contribution in [3.63, 3.8) is 0 Å². The van der Waals surface area contributed by atoms with Crippen LogP contribution in [0.4, 0.5) is 16.2 Å². The molecule has 0 fully saturated rings. The summed E-state index contributed by atoms with van der Waals surface area (Å²) in [5.74, 6) is 0.363. The van der Waals surface area contributed by atoms with Gasteiger partial charge in [-0.15, -0.1) is 0 Å². The number of fused-ring (bicyclic) bond motifs is 1. The van der Waals surface area contributed by atoms with Crippen molar-refractivity contribution in [3.05, 3.63) is 114 Å². The van der Waals surface area contributed by atoms with E-state index in [0.717, 1.165) is 33.5 Å². The second-order valence-corrected chi connectivity index (χ2v) is 10.4. The SMILES string of the molecule is CCC(=O)N[C@@H]1CCc2ccccc2N(Cc2ccc(-c3ccccc3CNC(=O)Nc3ccccc3OC)cc2)C1=O. The number of carbonyl (C=O) groups is 3. The van der Waals surface area contributed by atoms with E-state index >= 15 is 0 Å². The molecule has 1 atom stereocenters. The van der Waals surface area contributed by atoms with Crippen LogP contribution >= 0.6 is 0 Å². The van der Waals surface area contributed by atoms with Crippen LogP contribution in [0.25, 0.3) is 11.1 Å². The highest BCUT2D eigenvalue weighted by molar-refractivity contribution is 6.00. The maximum atomic E-state index is 13.6. The van der Waals surface area contributed by atoms with Gasteiger partial charge in [-0.1, -0.05) is 85.8 Å². The summed E-state index contributed by atoms with van der Waals surface area (Å²) >= 11 is 0. The number of nitrogens with zero attached hydrogens (tertiary/aromatic N) is 1. The van der Waals surface area contributed by atoms with E-state index in [4.69, 9.17) is 4.74 Å². The summed E-state index contributed by atoms with van der Waals surface area (Å²) in [7, 11) is 1.56. The molecule has 1 aliphatic rings. The van der Waals surface area contributed by atoms with E-state index in [9.17, 15) is 14.4 Å². The molecule has 5 rings (SSSR count). The zero-order valence-corrected chi connectivity index (χ0v) is 24.4. The van der Waals surface area contributed by atoms with Crippen molar-refractivity contribution < 1.29 is 19.1 Å². The number of benzene rings is 4. The number of hydrogen-bond acceptors (Lipinski definition) is 4. The highest BCUT2D eigenvalue weighted by Gasteiger charge is 2.31. The first-order valence-corrected chi connectivity index (χ1v) is 14.5. The maximum absolute atomic E-state index is 13.6. The van der Waals surface area contributed by atoms with Gasteiger partial charge in [0.1, 0.15) is 11.8 Å². The van der Waals surface area contributed by atoms with E-state index in [-0.39, 0.29) is 17.8 Å². The number of para-hydroxylation sites is 3. The number of urea groups is 1. The van der Waals surface area contributed by atoms with E-state index in [2.05, 4.69) is 16.0 Å². The average molecular weight is 577 g/mol. The molecule has 0 aromatic heterocycles. The van der Waals surface area contributed by atoms with E-state index < -0.39 is 6.04 Å². The summed E-state index contributed by atoms with van der Waals surface area (Å²) in [5.41, 5.74) is 6.52. The fourth-order valence-corrected chi connectivity index (χ4v) is 5.33. The van der Waals surface area contributed by atoms with Crippen molar-refractivity contribution in [2.45, 2.75) is 45.3 Å². The molecule has 4 amide bonds. The zero-order chi connectivity index (χ0) is 30.2. The Morgan fingerprint density at radius 2 is 1.63 bits per heavy atom. The monoisotopic (exact) mass is 576 g/mol. The third kappa shape index (κ3) is 7.04. The molecule has 4 aromatic rings. The fourth-order valence-electron chi connectivity index (χ4n) is 5.33. The van der Waals surface area contributed by atoms with E-state index in [1.807, 2.05) is 84.9 Å². The molecule has 0 spiro atoms. The third-order valence-corrected chi connectivity index (χ3v) is 7.62. The van der Waals surface area contributed by atoms with Crippen LogP contribution in [0.5, 0.6) is 5.75 Å². The average Bonchev–Trinajstić information content (AvgIpc) is 3.17. The standard InChI is InChI=1S/C35H36N4O4/c1-3-33(40)37-30-21-20-26-10-5-8-14-31(26)39(34(30)41)23-24-16-18-25(19-17-24)28-12-6-4-11-27(28)22-36-35(42)38-29-13-7-9-15-32(29)43-2/h4-19,30H,3,20-23H2,1-2H3,(H,37,40)(H2,36,38,42)/t30-/m1/s1. The molecule has 0 radical (unpaired) electrons. The van der Waals surface area contributed by atoms with Crippen molar-refractivity contribution in [1.82, 2.24) is 10.6 Å². The number of rotatable bonds is 9. The van der Waals surface area contributed by atoms with Gasteiger partial charge in [0, 0.05) is 18.7 Å². The Morgan fingerprint density at radius 1 is 0.907 bits per heavy atom. The largest absolute Gasteiger partial charge is 0.495 e. The Bertz CT molecular complexity index is 1600. The number of carbonyl (C=O) groups excluding carboxylic acids is 3. The lowest BCUT2D eigenvalue weighted by Crippen LogP contribution is -2.47. The number of nitrogens with one attached hydrogen (secondary N) is 3. The van der Waals surface area contributed by atoms with Gasteiger partial charge in [0.25, 0.3) is 0 Å². The molecule has 8 heteroatoms. The van der Waals surface area contributed by atoms with Crippen molar-refractivity contribution in [2.24, 2.45) is 0 Å². The Morgan fingerprint density at radius 3 is 2.42 bits per heavy atom. The lowest BCUT2D eigenvalue weighted by Gasteiger charge is -2.26. The van der Waals surface area contributed by atoms with Crippen LogP contribution in [0, 0.1) is 0 Å². The van der Waals surface area contributed by atoms with E-state index in [1.54, 1.807) is 31.1 Å². The van der Waals surface area contributed by atoms with Crippen LogP contribution in [-0.2, 0) is 29.1 Å².